The van der Waals surface area contributed by atoms with Gasteiger partial charge in [0.25, 0.3) is 0 Å². The summed E-state index contributed by atoms with van der Waals surface area (Å²) in [6, 6.07) is 0. The maximum atomic E-state index is 5.35. The van der Waals surface area contributed by atoms with Gasteiger partial charge in [-0.1, -0.05) is 20.8 Å². The van der Waals surface area contributed by atoms with E-state index in [9.17, 15) is 0 Å². The summed E-state index contributed by atoms with van der Waals surface area (Å²) < 4.78 is 16.5. The highest BCUT2D eigenvalue weighted by Gasteiger charge is 2.15. The Morgan fingerprint density at radius 2 is 1.08 bits per heavy atom. The van der Waals surface area contributed by atoms with E-state index in [0.29, 0.717) is 11.4 Å². The van der Waals surface area contributed by atoms with Gasteiger partial charge < -0.3 is 14.2 Å². The van der Waals surface area contributed by atoms with Crippen molar-refractivity contribution in [3.05, 3.63) is 0 Å². The van der Waals surface area contributed by atoms with Crippen LogP contribution in [0.4, 0.5) is 0 Å². The van der Waals surface area contributed by atoms with Crippen LogP contribution in [-0.4, -0.2) is 53.4 Å². The lowest BCUT2D eigenvalue weighted by Crippen LogP contribution is -2.27. The van der Waals surface area contributed by atoms with E-state index in [4.69, 9.17) is 14.2 Å². The summed E-state index contributed by atoms with van der Waals surface area (Å²) >= 11 is 6.08. The van der Waals surface area contributed by atoms with E-state index >= 15 is 0 Å². The van der Waals surface area contributed by atoms with Crippen molar-refractivity contribution < 1.29 is 14.2 Å². The predicted molar refractivity (Wildman–Crippen MR) is 111 cm³/mol. The Hall–Kier alpha value is 0.930. The molecular weight excluding hydrogens is 360 g/mol. The molecule has 3 fully saturated rings. The largest absolute Gasteiger partial charge is 0.368 e. The molecule has 0 aliphatic carbocycles. The second-order valence-corrected chi connectivity index (χ2v) is 11.4. The number of ether oxygens (including phenoxy) is 3. The minimum Gasteiger partial charge on any atom is -0.368 e. The number of hydrogen-bond donors (Lipinski definition) is 0. The molecule has 3 saturated heterocycles. The van der Waals surface area contributed by atoms with Crippen LogP contribution >= 0.6 is 35.3 Å². The molecule has 144 valence electrons. The van der Waals surface area contributed by atoms with Crippen molar-refractivity contribution in [2.45, 2.75) is 57.9 Å². The van der Waals surface area contributed by atoms with E-state index in [2.05, 4.69) is 58.1 Å². The van der Waals surface area contributed by atoms with Gasteiger partial charge in [0.1, 0.15) is 0 Å². The van der Waals surface area contributed by atoms with Crippen LogP contribution in [0.5, 0.6) is 0 Å². The molecule has 0 saturated carbocycles. The summed E-state index contributed by atoms with van der Waals surface area (Å²) in [6.45, 7) is 15.6. The molecule has 0 radical (unpaired) electrons. The minimum atomic E-state index is 0.0196. The smallest absolute Gasteiger partial charge is 0.154 e. The van der Waals surface area contributed by atoms with Crippen molar-refractivity contribution in [3.63, 3.8) is 0 Å². The monoisotopic (exact) mass is 396 g/mol. The quantitative estimate of drug-likeness (QED) is 0.559. The first-order valence-electron chi connectivity index (χ1n) is 9.06. The van der Waals surface area contributed by atoms with Crippen molar-refractivity contribution >= 4 is 35.3 Å². The highest BCUT2D eigenvalue weighted by atomic mass is 32.2. The summed E-state index contributed by atoms with van der Waals surface area (Å²) in [4.78, 5) is 0. The second-order valence-electron chi connectivity index (χ2n) is 7.02. The van der Waals surface area contributed by atoms with Crippen molar-refractivity contribution in [1.82, 2.24) is 0 Å². The topological polar surface area (TPSA) is 27.7 Å². The van der Waals surface area contributed by atoms with Gasteiger partial charge in [0, 0.05) is 16.3 Å². The van der Waals surface area contributed by atoms with Gasteiger partial charge >= 0.3 is 0 Å². The number of hydrogen-bond acceptors (Lipinski definition) is 6. The molecule has 2 unspecified atom stereocenters. The van der Waals surface area contributed by atoms with Crippen LogP contribution < -0.4 is 0 Å². The van der Waals surface area contributed by atoms with E-state index in [1.807, 2.05) is 18.7 Å². The van der Waals surface area contributed by atoms with Crippen LogP contribution in [0.15, 0.2) is 0 Å². The van der Waals surface area contributed by atoms with Gasteiger partial charge in [0.2, 0.25) is 0 Å². The first-order valence-corrected chi connectivity index (χ1v) is 12.2. The zero-order chi connectivity index (χ0) is 17.9. The van der Waals surface area contributed by atoms with Gasteiger partial charge in [-0.05, 0) is 44.1 Å². The molecule has 3 aliphatic heterocycles. The van der Waals surface area contributed by atoms with Crippen molar-refractivity contribution in [2.75, 3.05) is 37.1 Å². The third kappa shape index (κ3) is 11.5. The molecule has 3 nitrogen and oxygen atoms in total. The second kappa shape index (κ2) is 13.2. The Morgan fingerprint density at radius 1 is 0.583 bits per heavy atom. The van der Waals surface area contributed by atoms with Crippen molar-refractivity contribution in [2.24, 2.45) is 17.8 Å². The normalized spacial score (nSPS) is 39.8. The Kier molecular flexibility index (Phi) is 12.6. The molecule has 3 heterocycles. The molecule has 24 heavy (non-hydrogen) atoms. The molecule has 2 atom stereocenters. The zero-order valence-corrected chi connectivity index (χ0v) is 18.6. The molecule has 3 rings (SSSR count). The first-order chi connectivity index (χ1) is 11.4. The van der Waals surface area contributed by atoms with Gasteiger partial charge in [-0.3, -0.25) is 0 Å². The minimum absolute atomic E-state index is 0.0196. The van der Waals surface area contributed by atoms with Crippen molar-refractivity contribution in [3.8, 4) is 0 Å². The van der Waals surface area contributed by atoms with Gasteiger partial charge in [0.15, 0.2) is 6.29 Å². The van der Waals surface area contributed by atoms with Gasteiger partial charge in [-0.15, -0.1) is 35.3 Å². The molecule has 0 aromatic carbocycles. The lowest BCUT2D eigenvalue weighted by atomic mass is 10.2. The number of thioether (sulfide) groups is 3. The van der Waals surface area contributed by atoms with Gasteiger partial charge in [-0.2, -0.15) is 0 Å². The standard InChI is InChI=1S/C6H12O2.C6H12OS.C6H12S2/c3*1-5-3-7-6(2)8-4-5/h3*5-6H,3-4H2,1-2H3. The highest BCUT2D eigenvalue weighted by Crippen LogP contribution is 2.32. The van der Waals surface area contributed by atoms with Gasteiger partial charge in [0.05, 0.1) is 25.3 Å². The van der Waals surface area contributed by atoms with Crippen molar-refractivity contribution in [1.29, 1.82) is 0 Å². The predicted octanol–water partition coefficient (Wildman–Crippen LogP) is 5.20. The Bertz CT molecular complexity index is 218. The summed E-state index contributed by atoms with van der Waals surface area (Å²) in [5.41, 5.74) is 0.436. The van der Waals surface area contributed by atoms with Crippen LogP contribution in [0, 0.1) is 17.8 Å². The summed E-state index contributed by atoms with van der Waals surface area (Å²) in [5, 5.41) is 0. The fourth-order valence-corrected chi connectivity index (χ4v) is 5.40. The SMILES string of the molecule is CC1COC(C)OC1.CC1COC(C)SC1.CC1CSC(C)SC1. The molecule has 0 N–H and O–H groups in total. The lowest BCUT2D eigenvalue weighted by molar-refractivity contribution is -0.187. The third-order valence-corrected chi connectivity index (χ3v) is 8.34. The van der Waals surface area contributed by atoms with Gasteiger partial charge in [-0.25, -0.2) is 0 Å². The van der Waals surface area contributed by atoms with Crippen LogP contribution in [0.25, 0.3) is 0 Å². The maximum absolute atomic E-state index is 5.35. The summed E-state index contributed by atoms with van der Waals surface area (Å²) in [7, 11) is 0. The Morgan fingerprint density at radius 3 is 1.46 bits per heavy atom. The maximum Gasteiger partial charge on any atom is 0.154 e. The average Bonchev–Trinajstić information content (AvgIpc) is 2.57. The molecule has 3 aliphatic rings. The third-order valence-electron chi connectivity index (χ3n) is 3.69. The molecular formula is C18H36O3S3. The van der Waals surface area contributed by atoms with E-state index in [1.54, 1.807) is 0 Å². The fourth-order valence-electron chi connectivity index (χ4n) is 2.09. The highest BCUT2D eigenvalue weighted by molar-refractivity contribution is 8.17. The molecule has 0 aromatic heterocycles. The molecule has 0 amide bonds. The number of rotatable bonds is 0. The Labute approximate surface area is 162 Å². The molecule has 0 spiro atoms. The van der Waals surface area contributed by atoms with E-state index in [1.165, 1.54) is 17.3 Å². The molecule has 0 bridgehead atoms. The van der Waals surface area contributed by atoms with Crippen LogP contribution in [0.3, 0.4) is 0 Å². The molecule has 0 aromatic rings. The average molecular weight is 397 g/mol. The van der Waals surface area contributed by atoms with E-state index < -0.39 is 0 Å². The zero-order valence-electron chi connectivity index (χ0n) is 16.2. The van der Waals surface area contributed by atoms with E-state index in [-0.39, 0.29) is 6.29 Å². The Balaban J connectivity index is 0.000000180. The summed E-state index contributed by atoms with van der Waals surface area (Å²) in [6.07, 6.45) is 0.0196. The van der Waals surface area contributed by atoms with Crippen LogP contribution in [-0.2, 0) is 14.2 Å². The van der Waals surface area contributed by atoms with E-state index in [0.717, 1.165) is 36.2 Å². The summed E-state index contributed by atoms with van der Waals surface area (Å²) in [5.74, 6) is 6.28. The fraction of sp³-hybridized carbons (Fsp3) is 1.00. The van der Waals surface area contributed by atoms with Crippen LogP contribution in [0.2, 0.25) is 0 Å². The lowest BCUT2D eigenvalue weighted by Gasteiger charge is -2.24. The molecule has 6 heteroatoms. The first kappa shape index (κ1) is 23.0. The van der Waals surface area contributed by atoms with Crippen LogP contribution in [0.1, 0.15) is 41.5 Å².